The summed E-state index contributed by atoms with van der Waals surface area (Å²) in [7, 11) is 0. The van der Waals surface area contributed by atoms with Gasteiger partial charge in [0, 0.05) is 6.20 Å². The number of pyridine rings is 1. The topological polar surface area (TPSA) is 77.5 Å². The van der Waals surface area contributed by atoms with Gasteiger partial charge in [0.2, 0.25) is 0 Å². The summed E-state index contributed by atoms with van der Waals surface area (Å²) in [6.45, 7) is 1.85. The minimum absolute atomic E-state index is 0.155. The van der Waals surface area contributed by atoms with E-state index in [0.29, 0.717) is 18.0 Å². The van der Waals surface area contributed by atoms with Crippen LogP contribution >= 0.6 is 11.6 Å². The Bertz CT molecular complexity index is 1020. The van der Waals surface area contributed by atoms with E-state index in [-0.39, 0.29) is 10.7 Å². The zero-order valence-corrected chi connectivity index (χ0v) is 16.5. The van der Waals surface area contributed by atoms with Gasteiger partial charge in [0.1, 0.15) is 17.9 Å². The molecule has 1 amide bonds. The van der Waals surface area contributed by atoms with Crippen molar-refractivity contribution in [2.45, 2.75) is 13.5 Å². The smallest absolute Gasteiger partial charge is 0.342 e. The number of hydrogen-bond acceptors (Lipinski definition) is 5. The minimum atomic E-state index is -0.655. The van der Waals surface area contributed by atoms with E-state index >= 15 is 0 Å². The van der Waals surface area contributed by atoms with E-state index in [0.717, 1.165) is 11.1 Å². The van der Waals surface area contributed by atoms with Crippen LogP contribution in [-0.2, 0) is 16.1 Å². The fraction of sp³-hybridized carbons (Fsp3) is 0.136. The first-order valence-electron chi connectivity index (χ1n) is 8.88. The fourth-order valence-electron chi connectivity index (χ4n) is 2.60. The highest BCUT2D eigenvalue weighted by Crippen LogP contribution is 2.21. The van der Waals surface area contributed by atoms with E-state index in [1.54, 1.807) is 36.4 Å². The molecule has 1 aromatic heterocycles. The molecule has 0 unspecified atom stereocenters. The third kappa shape index (κ3) is 5.80. The predicted octanol–water partition coefficient (Wildman–Crippen LogP) is 4.42. The molecule has 0 atom stereocenters. The zero-order valence-electron chi connectivity index (χ0n) is 15.7. The first kappa shape index (κ1) is 20.4. The molecule has 0 fully saturated rings. The lowest BCUT2D eigenvalue weighted by Gasteiger charge is -2.12. The molecule has 0 saturated carbocycles. The SMILES string of the molecule is Cc1cccc(COc2ccccc2C(=O)OCC(=O)Nc2cccnc2Cl)c1. The van der Waals surface area contributed by atoms with Gasteiger partial charge in [-0.3, -0.25) is 4.79 Å². The van der Waals surface area contributed by atoms with Crippen molar-refractivity contribution in [2.24, 2.45) is 0 Å². The van der Waals surface area contributed by atoms with Crippen molar-refractivity contribution in [1.29, 1.82) is 0 Å². The van der Waals surface area contributed by atoms with E-state index in [2.05, 4.69) is 10.3 Å². The van der Waals surface area contributed by atoms with Crippen LogP contribution in [0.3, 0.4) is 0 Å². The second kappa shape index (κ2) is 9.71. The number of anilines is 1. The van der Waals surface area contributed by atoms with Crippen molar-refractivity contribution in [3.8, 4) is 5.75 Å². The van der Waals surface area contributed by atoms with E-state index < -0.39 is 18.5 Å². The Kier molecular flexibility index (Phi) is 6.81. The van der Waals surface area contributed by atoms with Gasteiger partial charge in [-0.25, -0.2) is 9.78 Å². The summed E-state index contributed by atoms with van der Waals surface area (Å²) in [4.78, 5) is 28.3. The van der Waals surface area contributed by atoms with E-state index in [9.17, 15) is 9.59 Å². The van der Waals surface area contributed by atoms with Crippen LogP contribution in [0.4, 0.5) is 5.69 Å². The number of hydrogen-bond donors (Lipinski definition) is 1. The first-order valence-corrected chi connectivity index (χ1v) is 9.25. The van der Waals surface area contributed by atoms with E-state index in [4.69, 9.17) is 21.1 Å². The van der Waals surface area contributed by atoms with Gasteiger partial charge < -0.3 is 14.8 Å². The highest BCUT2D eigenvalue weighted by atomic mass is 35.5. The molecule has 1 N–H and O–H groups in total. The van der Waals surface area contributed by atoms with Gasteiger partial charge in [-0.2, -0.15) is 0 Å². The number of esters is 1. The van der Waals surface area contributed by atoms with Crippen molar-refractivity contribution in [2.75, 3.05) is 11.9 Å². The van der Waals surface area contributed by atoms with E-state index in [1.807, 2.05) is 31.2 Å². The molecule has 0 radical (unpaired) electrons. The number of benzene rings is 2. The van der Waals surface area contributed by atoms with Crippen LogP contribution in [0.15, 0.2) is 66.9 Å². The lowest BCUT2D eigenvalue weighted by molar-refractivity contribution is -0.119. The lowest BCUT2D eigenvalue weighted by Crippen LogP contribution is -2.21. The summed E-state index contributed by atoms with van der Waals surface area (Å²) in [6.07, 6.45) is 1.51. The number of para-hydroxylation sites is 1. The predicted molar refractivity (Wildman–Crippen MR) is 110 cm³/mol. The Morgan fingerprint density at radius 3 is 2.69 bits per heavy atom. The van der Waals surface area contributed by atoms with Crippen molar-refractivity contribution >= 4 is 29.2 Å². The van der Waals surface area contributed by atoms with Crippen molar-refractivity contribution in [3.63, 3.8) is 0 Å². The number of halogens is 1. The summed E-state index contributed by atoms with van der Waals surface area (Å²) in [5, 5.41) is 2.70. The minimum Gasteiger partial charge on any atom is -0.488 e. The molecule has 2 aromatic carbocycles. The van der Waals surface area contributed by atoms with Gasteiger partial charge in [-0.05, 0) is 36.8 Å². The number of amides is 1. The molecule has 7 heteroatoms. The molecule has 29 heavy (non-hydrogen) atoms. The summed E-state index contributed by atoms with van der Waals surface area (Å²) < 4.78 is 10.9. The van der Waals surface area contributed by atoms with Crippen LogP contribution in [-0.4, -0.2) is 23.5 Å². The Hall–Kier alpha value is -3.38. The number of aryl methyl sites for hydroxylation is 1. The maximum Gasteiger partial charge on any atom is 0.342 e. The van der Waals surface area contributed by atoms with Crippen molar-refractivity contribution < 1.29 is 19.1 Å². The largest absolute Gasteiger partial charge is 0.488 e. The van der Waals surface area contributed by atoms with Gasteiger partial charge in [-0.15, -0.1) is 0 Å². The van der Waals surface area contributed by atoms with Gasteiger partial charge in [0.05, 0.1) is 5.69 Å². The standard InChI is InChI=1S/C22H19ClN2O4/c1-15-6-4-7-16(12-15)13-28-19-10-3-2-8-17(19)22(27)29-14-20(26)25-18-9-5-11-24-21(18)23/h2-12H,13-14H2,1H3,(H,25,26). The average molecular weight is 411 g/mol. The molecule has 0 aliphatic heterocycles. The van der Waals surface area contributed by atoms with E-state index in [1.165, 1.54) is 6.20 Å². The molecule has 1 heterocycles. The second-order valence-corrected chi connectivity index (χ2v) is 6.60. The number of ether oxygens (including phenoxy) is 2. The maximum atomic E-state index is 12.4. The van der Waals surface area contributed by atoms with Crippen LogP contribution in [0.1, 0.15) is 21.5 Å². The Morgan fingerprint density at radius 2 is 1.90 bits per heavy atom. The Balaban J connectivity index is 1.59. The molecular formula is C22H19ClN2O4. The van der Waals surface area contributed by atoms with Gasteiger partial charge in [0.25, 0.3) is 5.91 Å². The number of carbonyl (C=O) groups is 2. The summed E-state index contributed by atoms with van der Waals surface area (Å²) in [5.41, 5.74) is 2.70. The quantitative estimate of drug-likeness (QED) is 0.461. The molecule has 0 aliphatic rings. The summed E-state index contributed by atoms with van der Waals surface area (Å²) in [5.74, 6) is -0.793. The highest BCUT2D eigenvalue weighted by Gasteiger charge is 2.16. The summed E-state index contributed by atoms with van der Waals surface area (Å²) >= 11 is 5.89. The molecule has 3 aromatic rings. The Morgan fingerprint density at radius 1 is 1.07 bits per heavy atom. The Labute approximate surface area is 173 Å². The molecule has 3 rings (SSSR count). The van der Waals surface area contributed by atoms with Crippen LogP contribution in [0.25, 0.3) is 0 Å². The van der Waals surface area contributed by atoms with Gasteiger partial charge >= 0.3 is 5.97 Å². The highest BCUT2D eigenvalue weighted by molar-refractivity contribution is 6.32. The number of aromatic nitrogens is 1. The van der Waals surface area contributed by atoms with Crippen molar-refractivity contribution in [3.05, 3.63) is 88.7 Å². The third-order valence-corrected chi connectivity index (χ3v) is 4.25. The number of nitrogens with zero attached hydrogens (tertiary/aromatic N) is 1. The van der Waals surface area contributed by atoms with Crippen LogP contribution in [0.5, 0.6) is 5.75 Å². The molecule has 0 saturated heterocycles. The molecule has 0 aliphatic carbocycles. The van der Waals surface area contributed by atoms with Crippen molar-refractivity contribution in [1.82, 2.24) is 4.98 Å². The summed E-state index contributed by atoms with van der Waals surface area (Å²) in [6, 6.07) is 17.9. The normalized spacial score (nSPS) is 10.3. The monoisotopic (exact) mass is 410 g/mol. The molecule has 0 bridgehead atoms. The lowest BCUT2D eigenvalue weighted by atomic mass is 10.1. The molecule has 148 valence electrons. The maximum absolute atomic E-state index is 12.4. The fourth-order valence-corrected chi connectivity index (χ4v) is 2.77. The first-order chi connectivity index (χ1) is 14.0. The van der Waals surface area contributed by atoms with Gasteiger partial charge in [-0.1, -0.05) is 53.6 Å². The second-order valence-electron chi connectivity index (χ2n) is 6.24. The number of nitrogens with one attached hydrogen (secondary N) is 1. The van der Waals surface area contributed by atoms with Gasteiger partial charge in [0.15, 0.2) is 11.8 Å². The number of rotatable bonds is 7. The van der Waals surface area contributed by atoms with Crippen LogP contribution in [0.2, 0.25) is 5.15 Å². The van der Waals surface area contributed by atoms with Crippen LogP contribution in [0, 0.1) is 6.92 Å². The van der Waals surface area contributed by atoms with Crippen LogP contribution < -0.4 is 10.1 Å². The third-order valence-electron chi connectivity index (χ3n) is 3.95. The average Bonchev–Trinajstić information content (AvgIpc) is 2.72. The zero-order chi connectivity index (χ0) is 20.6. The molecular weight excluding hydrogens is 392 g/mol. The molecule has 0 spiro atoms. The molecule has 6 nitrogen and oxygen atoms in total. The number of carbonyl (C=O) groups excluding carboxylic acids is 2.